The monoisotopic (exact) mass is 394 g/mol. The van der Waals surface area contributed by atoms with E-state index < -0.39 is 30.1 Å². The molecule has 1 aliphatic heterocycles. The molecule has 0 aliphatic carbocycles. The van der Waals surface area contributed by atoms with E-state index in [1.165, 1.54) is 12.1 Å². The second-order valence-electron chi connectivity index (χ2n) is 6.14. The average Bonchev–Trinajstić information content (AvgIpc) is 2.95. The molecule has 1 aliphatic rings. The average molecular weight is 394 g/mol. The molecule has 0 radical (unpaired) electrons. The first-order valence-electron chi connectivity index (χ1n) is 8.33. The van der Waals surface area contributed by atoms with Gasteiger partial charge >= 0.3 is 12.4 Å². The molecule has 7 nitrogen and oxygen atoms in total. The number of benzene rings is 1. The molecular formula is C18H17F3N4O3. The number of carbonyl (C=O) groups excluding carboxylic acids is 2. The minimum absolute atomic E-state index is 0.148. The van der Waals surface area contributed by atoms with Crippen LogP contribution in [0.2, 0.25) is 0 Å². The zero-order valence-corrected chi connectivity index (χ0v) is 14.9. The summed E-state index contributed by atoms with van der Waals surface area (Å²) >= 11 is 0. The van der Waals surface area contributed by atoms with Crippen molar-refractivity contribution < 1.29 is 27.5 Å². The Labute approximate surface area is 158 Å². The fourth-order valence-electron chi connectivity index (χ4n) is 3.07. The predicted octanol–water partition coefficient (Wildman–Crippen LogP) is 3.25. The molecule has 1 fully saturated rings. The third kappa shape index (κ3) is 3.85. The van der Waals surface area contributed by atoms with Gasteiger partial charge in [-0.1, -0.05) is 6.92 Å². The normalized spacial score (nSPS) is 18.0. The standard InChI is InChI=1S/C18H17F3N4O3/c1-10(13-7-8-23-9-14(13)22-2)15-16(26)25(17(27)24-15)11-3-5-12(6-4-11)28-18(19,20)21/h3-10,15,22H,1-2H3,(H,24,27). The smallest absolute Gasteiger partial charge is 0.406 e. The van der Waals surface area contributed by atoms with Crippen LogP contribution in [-0.2, 0) is 4.79 Å². The van der Waals surface area contributed by atoms with Gasteiger partial charge in [0.25, 0.3) is 5.91 Å². The van der Waals surface area contributed by atoms with E-state index in [-0.39, 0.29) is 11.6 Å². The van der Waals surface area contributed by atoms with Crippen LogP contribution >= 0.6 is 0 Å². The fourth-order valence-corrected chi connectivity index (χ4v) is 3.07. The summed E-state index contributed by atoms with van der Waals surface area (Å²) in [5.74, 6) is -1.30. The molecule has 28 heavy (non-hydrogen) atoms. The van der Waals surface area contributed by atoms with Gasteiger partial charge in [0.2, 0.25) is 0 Å². The third-order valence-electron chi connectivity index (χ3n) is 4.41. The topological polar surface area (TPSA) is 83.6 Å². The molecule has 1 aromatic heterocycles. The Morgan fingerprint density at radius 1 is 1.21 bits per heavy atom. The largest absolute Gasteiger partial charge is 0.573 e. The van der Waals surface area contributed by atoms with E-state index in [0.717, 1.165) is 28.3 Å². The fraction of sp³-hybridized carbons (Fsp3) is 0.278. The van der Waals surface area contributed by atoms with Gasteiger partial charge in [0.1, 0.15) is 11.8 Å². The van der Waals surface area contributed by atoms with Crippen LogP contribution in [0.5, 0.6) is 5.75 Å². The van der Waals surface area contributed by atoms with Gasteiger partial charge in [-0.05, 0) is 35.9 Å². The van der Waals surface area contributed by atoms with Gasteiger partial charge in [-0.3, -0.25) is 9.78 Å². The van der Waals surface area contributed by atoms with Crippen molar-refractivity contribution in [3.8, 4) is 5.75 Å². The maximum absolute atomic E-state index is 12.8. The van der Waals surface area contributed by atoms with Crippen LogP contribution in [0.15, 0.2) is 42.7 Å². The van der Waals surface area contributed by atoms with E-state index in [1.807, 2.05) is 0 Å². The van der Waals surface area contributed by atoms with E-state index in [4.69, 9.17) is 0 Å². The van der Waals surface area contributed by atoms with Gasteiger partial charge in [0, 0.05) is 19.2 Å². The first-order valence-corrected chi connectivity index (χ1v) is 8.33. The molecule has 0 saturated carbocycles. The number of anilines is 2. The van der Waals surface area contributed by atoms with E-state index in [9.17, 15) is 22.8 Å². The minimum Gasteiger partial charge on any atom is -0.406 e. The van der Waals surface area contributed by atoms with Crippen molar-refractivity contribution in [3.63, 3.8) is 0 Å². The van der Waals surface area contributed by atoms with Crippen molar-refractivity contribution in [1.82, 2.24) is 10.3 Å². The molecule has 3 amide bonds. The number of alkyl halides is 3. The summed E-state index contributed by atoms with van der Waals surface area (Å²) in [6.07, 6.45) is -1.62. The summed E-state index contributed by atoms with van der Waals surface area (Å²) in [7, 11) is 1.72. The number of imide groups is 1. The molecule has 2 heterocycles. The highest BCUT2D eigenvalue weighted by molar-refractivity contribution is 6.21. The number of ether oxygens (including phenoxy) is 1. The number of hydrogen-bond acceptors (Lipinski definition) is 5. The number of nitrogens with zero attached hydrogens (tertiary/aromatic N) is 2. The van der Waals surface area contributed by atoms with E-state index in [1.54, 1.807) is 32.4 Å². The Hall–Kier alpha value is -3.30. The van der Waals surface area contributed by atoms with Gasteiger partial charge in [-0.25, -0.2) is 9.69 Å². The molecule has 3 rings (SSSR count). The number of amides is 3. The molecule has 2 N–H and O–H groups in total. The van der Waals surface area contributed by atoms with E-state index in [0.29, 0.717) is 0 Å². The number of pyridine rings is 1. The second kappa shape index (κ2) is 7.37. The maximum atomic E-state index is 12.8. The Morgan fingerprint density at radius 2 is 1.89 bits per heavy atom. The van der Waals surface area contributed by atoms with Crippen LogP contribution in [0.3, 0.4) is 0 Å². The number of aromatic nitrogens is 1. The van der Waals surface area contributed by atoms with Gasteiger partial charge in [0.15, 0.2) is 0 Å². The summed E-state index contributed by atoms with van der Waals surface area (Å²) in [4.78, 5) is 30.1. The first kappa shape index (κ1) is 19.5. The first-order chi connectivity index (χ1) is 13.2. The van der Waals surface area contributed by atoms with Gasteiger partial charge < -0.3 is 15.4 Å². The summed E-state index contributed by atoms with van der Waals surface area (Å²) < 4.78 is 40.6. The van der Waals surface area contributed by atoms with Crippen molar-refractivity contribution in [2.24, 2.45) is 0 Å². The highest BCUT2D eigenvalue weighted by atomic mass is 19.4. The molecule has 2 unspecified atom stereocenters. The molecule has 2 aromatic rings. The minimum atomic E-state index is -4.82. The third-order valence-corrected chi connectivity index (χ3v) is 4.41. The molecule has 148 valence electrons. The molecule has 0 spiro atoms. The van der Waals surface area contributed by atoms with Crippen LogP contribution in [-0.4, -0.2) is 36.4 Å². The number of rotatable bonds is 5. The highest BCUT2D eigenvalue weighted by Gasteiger charge is 2.42. The molecular weight excluding hydrogens is 377 g/mol. The lowest BCUT2D eigenvalue weighted by Crippen LogP contribution is -2.35. The van der Waals surface area contributed by atoms with Crippen LogP contribution in [0, 0.1) is 0 Å². The summed E-state index contributed by atoms with van der Waals surface area (Å²) in [6.45, 7) is 1.79. The van der Waals surface area contributed by atoms with Crippen molar-refractivity contribution in [2.45, 2.75) is 25.2 Å². The van der Waals surface area contributed by atoms with Crippen LogP contribution in [0.4, 0.5) is 29.3 Å². The zero-order chi connectivity index (χ0) is 20.5. The molecule has 1 saturated heterocycles. The number of carbonyl (C=O) groups is 2. The van der Waals surface area contributed by atoms with Crippen LogP contribution < -0.4 is 20.3 Å². The molecule has 0 bridgehead atoms. The highest BCUT2D eigenvalue weighted by Crippen LogP contribution is 2.32. The lowest BCUT2D eigenvalue weighted by Gasteiger charge is -2.20. The zero-order valence-electron chi connectivity index (χ0n) is 14.9. The Bertz CT molecular complexity index is 886. The molecule has 2 atom stereocenters. The molecule has 10 heteroatoms. The maximum Gasteiger partial charge on any atom is 0.573 e. The number of urea groups is 1. The van der Waals surface area contributed by atoms with Crippen molar-refractivity contribution in [2.75, 3.05) is 17.3 Å². The van der Waals surface area contributed by atoms with E-state index in [2.05, 4.69) is 20.4 Å². The van der Waals surface area contributed by atoms with Gasteiger partial charge in [-0.2, -0.15) is 0 Å². The Morgan fingerprint density at radius 3 is 2.50 bits per heavy atom. The number of hydrogen-bond donors (Lipinski definition) is 2. The van der Waals surface area contributed by atoms with Crippen molar-refractivity contribution in [3.05, 3.63) is 48.3 Å². The quantitative estimate of drug-likeness (QED) is 0.761. The van der Waals surface area contributed by atoms with Crippen LogP contribution in [0.1, 0.15) is 18.4 Å². The SMILES string of the molecule is CNc1cnccc1C(C)C1NC(=O)N(c2ccc(OC(F)(F)F)cc2)C1=O. The lowest BCUT2D eigenvalue weighted by molar-refractivity contribution is -0.274. The summed E-state index contributed by atoms with van der Waals surface area (Å²) in [5.41, 5.74) is 1.67. The predicted molar refractivity (Wildman–Crippen MR) is 95.1 cm³/mol. The van der Waals surface area contributed by atoms with Gasteiger partial charge in [0.05, 0.1) is 17.6 Å². The Balaban J connectivity index is 1.82. The second-order valence-corrected chi connectivity index (χ2v) is 6.14. The van der Waals surface area contributed by atoms with E-state index >= 15 is 0 Å². The number of halogens is 3. The summed E-state index contributed by atoms with van der Waals surface area (Å²) in [6, 6.07) is 4.81. The summed E-state index contributed by atoms with van der Waals surface area (Å²) in [5, 5.41) is 5.62. The van der Waals surface area contributed by atoms with Crippen molar-refractivity contribution >= 4 is 23.3 Å². The lowest BCUT2D eigenvalue weighted by atomic mass is 9.92. The molecule has 1 aromatic carbocycles. The van der Waals surface area contributed by atoms with Crippen LogP contribution in [0.25, 0.3) is 0 Å². The Kier molecular flexibility index (Phi) is 5.12. The number of nitrogens with one attached hydrogen (secondary N) is 2. The van der Waals surface area contributed by atoms with Gasteiger partial charge in [-0.15, -0.1) is 13.2 Å². The van der Waals surface area contributed by atoms with Crippen molar-refractivity contribution in [1.29, 1.82) is 0 Å².